The molecule has 3 fully saturated rings. The van der Waals surface area contributed by atoms with E-state index in [1.807, 2.05) is 0 Å². The number of ether oxygens (including phenoxy) is 1. The maximum Gasteiger partial charge on any atom is 0.418 e. The number of halogens is 4. The van der Waals surface area contributed by atoms with Gasteiger partial charge in [0.25, 0.3) is 5.91 Å². The lowest BCUT2D eigenvalue weighted by Gasteiger charge is -2.27. The van der Waals surface area contributed by atoms with Crippen molar-refractivity contribution in [2.45, 2.75) is 23.5 Å². The Bertz CT molecular complexity index is 1150. The third-order valence-corrected chi connectivity index (χ3v) is 7.90. The second kappa shape index (κ2) is 7.86. The Morgan fingerprint density at radius 3 is 2.55 bits per heavy atom. The van der Waals surface area contributed by atoms with E-state index < -0.39 is 29.5 Å². The van der Waals surface area contributed by atoms with E-state index in [-0.39, 0.29) is 45.9 Å². The third kappa shape index (κ3) is 3.70. The molecular formula is C23H18BrF3N2O4. The van der Waals surface area contributed by atoms with E-state index >= 15 is 0 Å². The summed E-state index contributed by atoms with van der Waals surface area (Å²) in [6.07, 6.45) is -4.08. The fourth-order valence-electron chi connectivity index (χ4n) is 5.33. The average molecular weight is 523 g/mol. The molecule has 0 aromatic heterocycles. The Morgan fingerprint density at radius 2 is 1.79 bits per heavy atom. The first-order chi connectivity index (χ1) is 15.6. The number of alkyl halides is 4. The van der Waals surface area contributed by atoms with Gasteiger partial charge in [-0.15, -0.1) is 0 Å². The van der Waals surface area contributed by atoms with Crippen molar-refractivity contribution >= 4 is 45.1 Å². The summed E-state index contributed by atoms with van der Waals surface area (Å²) in [7, 11) is 0. The zero-order valence-electron chi connectivity index (χ0n) is 16.9. The summed E-state index contributed by atoms with van der Waals surface area (Å²) in [5, 5.41) is 5.05. The van der Waals surface area contributed by atoms with Crippen LogP contribution in [0.1, 0.15) is 22.3 Å². The molecule has 2 bridgehead atoms. The molecule has 1 aliphatic heterocycles. The summed E-state index contributed by atoms with van der Waals surface area (Å²) in [6, 6.07) is 10.6. The predicted octanol–water partition coefficient (Wildman–Crippen LogP) is 4.47. The summed E-state index contributed by atoms with van der Waals surface area (Å²) < 4.78 is 45.0. The number of anilines is 2. The van der Waals surface area contributed by atoms with E-state index in [0.717, 1.165) is 12.5 Å². The predicted molar refractivity (Wildman–Crippen MR) is 116 cm³/mol. The molecule has 1 saturated heterocycles. The minimum Gasteiger partial charge on any atom is -0.461 e. The molecule has 10 heteroatoms. The van der Waals surface area contributed by atoms with Crippen molar-refractivity contribution in [3.8, 4) is 0 Å². The summed E-state index contributed by atoms with van der Waals surface area (Å²) in [5.74, 6) is -2.46. The zero-order chi connectivity index (χ0) is 23.5. The van der Waals surface area contributed by atoms with Crippen molar-refractivity contribution in [3.63, 3.8) is 0 Å². The fraction of sp³-hybridized carbons (Fsp3) is 0.348. The Kier molecular flexibility index (Phi) is 5.23. The molecule has 2 N–H and O–H groups in total. The van der Waals surface area contributed by atoms with Gasteiger partial charge in [0.15, 0.2) is 0 Å². The van der Waals surface area contributed by atoms with E-state index in [0.29, 0.717) is 5.69 Å². The van der Waals surface area contributed by atoms with Gasteiger partial charge in [-0.2, -0.15) is 13.2 Å². The van der Waals surface area contributed by atoms with Gasteiger partial charge in [0.1, 0.15) is 6.10 Å². The Balaban J connectivity index is 1.32. The van der Waals surface area contributed by atoms with Crippen molar-refractivity contribution in [3.05, 3.63) is 59.7 Å². The normalized spacial score (nSPS) is 29.6. The highest BCUT2D eigenvalue weighted by Crippen LogP contribution is 2.60. The minimum absolute atomic E-state index is 0.0217. The van der Waals surface area contributed by atoms with Crippen molar-refractivity contribution < 1.29 is 32.3 Å². The summed E-state index contributed by atoms with van der Waals surface area (Å²) in [6.45, 7) is 0. The van der Waals surface area contributed by atoms with Gasteiger partial charge in [0, 0.05) is 17.2 Å². The van der Waals surface area contributed by atoms with Crippen LogP contribution in [0.15, 0.2) is 48.5 Å². The molecule has 6 atom stereocenters. The van der Waals surface area contributed by atoms with Crippen LogP contribution in [0.3, 0.4) is 0 Å². The smallest absolute Gasteiger partial charge is 0.418 e. The molecule has 2 aromatic carbocycles. The lowest BCUT2D eigenvalue weighted by atomic mass is 9.79. The first-order valence-electron chi connectivity index (χ1n) is 10.4. The molecular weight excluding hydrogens is 505 g/mol. The van der Waals surface area contributed by atoms with Crippen LogP contribution < -0.4 is 10.6 Å². The third-order valence-electron chi connectivity index (χ3n) is 6.70. The second-order valence-corrected chi connectivity index (χ2v) is 9.59. The summed E-state index contributed by atoms with van der Waals surface area (Å²) >= 11 is 3.56. The van der Waals surface area contributed by atoms with Crippen LogP contribution in [0.5, 0.6) is 0 Å². The molecule has 0 spiro atoms. The quantitative estimate of drug-likeness (QED) is 0.458. The van der Waals surface area contributed by atoms with Gasteiger partial charge in [-0.05, 0) is 42.7 Å². The number of rotatable bonds is 4. The number of carbonyl (C=O) groups excluding carboxylic acids is 3. The second-order valence-electron chi connectivity index (χ2n) is 8.53. The Labute approximate surface area is 195 Å². The van der Waals surface area contributed by atoms with Gasteiger partial charge in [-0.25, -0.2) is 0 Å². The molecule has 6 nitrogen and oxygen atoms in total. The number of hydrogen-bond acceptors (Lipinski definition) is 4. The highest BCUT2D eigenvalue weighted by atomic mass is 79.9. The number of carbonyl (C=O) groups is 3. The Morgan fingerprint density at radius 1 is 1.03 bits per heavy atom. The van der Waals surface area contributed by atoms with Gasteiger partial charge < -0.3 is 15.4 Å². The number of hydrogen-bond donors (Lipinski definition) is 2. The maximum atomic E-state index is 13.2. The van der Waals surface area contributed by atoms with Gasteiger partial charge in [-0.1, -0.05) is 34.1 Å². The monoisotopic (exact) mass is 522 g/mol. The lowest BCUT2D eigenvalue weighted by Crippen LogP contribution is -2.40. The van der Waals surface area contributed by atoms with Crippen LogP contribution in [0.2, 0.25) is 0 Å². The fourth-order valence-corrected chi connectivity index (χ4v) is 6.37. The number of benzene rings is 2. The molecule has 172 valence electrons. The molecule has 0 radical (unpaired) electrons. The number of fused-ring (bicyclic) bond motifs is 1. The number of para-hydroxylation sites is 1. The largest absolute Gasteiger partial charge is 0.461 e. The summed E-state index contributed by atoms with van der Waals surface area (Å²) in [4.78, 5) is 37.9. The number of nitrogens with one attached hydrogen (secondary N) is 2. The molecule has 0 unspecified atom stereocenters. The molecule has 2 aromatic rings. The molecule has 2 saturated carbocycles. The summed E-state index contributed by atoms with van der Waals surface area (Å²) in [5.41, 5.74) is -0.917. The highest BCUT2D eigenvalue weighted by Gasteiger charge is 2.67. The van der Waals surface area contributed by atoms with Crippen LogP contribution in [0.4, 0.5) is 24.5 Å². The Hall–Kier alpha value is -2.88. The van der Waals surface area contributed by atoms with Gasteiger partial charge in [0.05, 0.1) is 27.9 Å². The van der Waals surface area contributed by atoms with Gasteiger partial charge in [-0.3, -0.25) is 14.4 Å². The van der Waals surface area contributed by atoms with Crippen molar-refractivity contribution in [1.29, 1.82) is 0 Å². The van der Waals surface area contributed by atoms with E-state index in [4.69, 9.17) is 4.74 Å². The van der Waals surface area contributed by atoms with Crippen LogP contribution in [-0.2, 0) is 20.5 Å². The van der Waals surface area contributed by atoms with Crippen molar-refractivity contribution in [1.82, 2.24) is 0 Å². The zero-order valence-corrected chi connectivity index (χ0v) is 18.5. The molecule has 2 amide bonds. The maximum absolute atomic E-state index is 13.2. The van der Waals surface area contributed by atoms with Crippen LogP contribution >= 0.6 is 15.9 Å². The topological polar surface area (TPSA) is 84.5 Å². The first kappa shape index (κ1) is 21.9. The van der Waals surface area contributed by atoms with Crippen molar-refractivity contribution in [2.24, 2.45) is 23.7 Å². The average Bonchev–Trinajstić information content (AvgIpc) is 3.38. The van der Waals surface area contributed by atoms with Crippen molar-refractivity contribution in [2.75, 3.05) is 10.6 Å². The lowest BCUT2D eigenvalue weighted by molar-refractivity contribution is -0.145. The molecule has 33 heavy (non-hydrogen) atoms. The highest BCUT2D eigenvalue weighted by molar-refractivity contribution is 9.09. The molecule has 1 heterocycles. The first-order valence-corrected chi connectivity index (χ1v) is 11.3. The van der Waals surface area contributed by atoms with Gasteiger partial charge in [0.2, 0.25) is 5.91 Å². The van der Waals surface area contributed by atoms with E-state index in [9.17, 15) is 27.6 Å². The van der Waals surface area contributed by atoms with Crippen LogP contribution in [0.25, 0.3) is 0 Å². The molecule has 2 aliphatic carbocycles. The molecule has 5 rings (SSSR count). The standard InChI is InChI=1S/C23H18BrF3N2O4/c24-18-12-9-13-17(22(32)33-19(13)18)16(12)21(31)28-11-5-3-4-10(8-11)20(30)29-15-7-2-1-6-14(15)23(25,26)27/h1-8,12-13,16-19H,9H2,(H,28,31)(H,29,30)/t12-,13-,16-,17+,18+,19+/m1/s1. The van der Waals surface area contributed by atoms with Crippen LogP contribution in [-0.4, -0.2) is 28.7 Å². The van der Waals surface area contributed by atoms with Crippen LogP contribution in [0, 0.1) is 23.7 Å². The minimum atomic E-state index is -4.62. The van der Waals surface area contributed by atoms with Gasteiger partial charge >= 0.3 is 12.1 Å². The van der Waals surface area contributed by atoms with E-state index in [2.05, 4.69) is 26.6 Å². The SMILES string of the molecule is O=C(Nc1ccccc1C(F)(F)F)c1cccc(NC(=O)[C@@H]2[C@H]3C[C@H]4[C@H](OC(=O)[C@@H]42)[C@H]3Br)c1. The number of esters is 1. The van der Waals surface area contributed by atoms with E-state index in [1.165, 1.54) is 36.4 Å². The van der Waals surface area contributed by atoms with E-state index in [1.54, 1.807) is 6.07 Å². The number of amides is 2. The molecule has 3 aliphatic rings.